The molecule has 7 heteroatoms. The van der Waals surface area contributed by atoms with Crippen LogP contribution in [0.2, 0.25) is 0 Å². The number of fused-ring (bicyclic) bond motifs is 1. The second kappa shape index (κ2) is 6.63. The monoisotopic (exact) mass is 343 g/mol. The smallest absolute Gasteiger partial charge is 0.239 e. The Labute approximate surface area is 147 Å². The van der Waals surface area contributed by atoms with Crippen molar-refractivity contribution in [3.05, 3.63) is 29.0 Å². The summed E-state index contributed by atoms with van der Waals surface area (Å²) in [6, 6.07) is 2.16. The molecule has 2 aromatic heterocycles. The number of carbonyl (C=O) groups is 1. The van der Waals surface area contributed by atoms with Gasteiger partial charge in [-0.15, -0.1) is 0 Å². The van der Waals surface area contributed by atoms with Crippen molar-refractivity contribution in [2.45, 2.75) is 52.0 Å². The van der Waals surface area contributed by atoms with Gasteiger partial charge in [0.1, 0.15) is 11.6 Å². The topological polar surface area (TPSA) is 76.2 Å². The van der Waals surface area contributed by atoms with E-state index in [1.54, 1.807) is 6.07 Å². The number of aromatic nitrogens is 3. The Kier molecular flexibility index (Phi) is 4.33. The largest absolute Gasteiger partial charge is 0.360 e. The first-order chi connectivity index (χ1) is 12.1. The van der Waals surface area contributed by atoms with Gasteiger partial charge in [-0.05, 0) is 46.0 Å². The van der Waals surface area contributed by atoms with Crippen LogP contribution in [-0.2, 0) is 17.6 Å². The fraction of sp³-hybridized carbons (Fsp3) is 0.611. The van der Waals surface area contributed by atoms with Crippen molar-refractivity contribution in [3.8, 4) is 0 Å². The molecular formula is C18H25N5O2. The van der Waals surface area contributed by atoms with Crippen LogP contribution in [0.3, 0.4) is 0 Å². The van der Waals surface area contributed by atoms with Gasteiger partial charge >= 0.3 is 0 Å². The lowest BCUT2D eigenvalue weighted by Gasteiger charge is -2.21. The second-order valence-electron chi connectivity index (χ2n) is 7.18. The minimum atomic E-state index is -0.0432. The number of amides is 1. The van der Waals surface area contributed by atoms with Gasteiger partial charge in [0.15, 0.2) is 5.82 Å². The lowest BCUT2D eigenvalue weighted by Crippen LogP contribution is -2.32. The SMILES string of the molecule is Cc1cc(NC(=O)CN2CC[C@@H](n3c(C)nc4c3CCCC4)C2)no1. The number of nitrogens with one attached hydrogen (secondary N) is 1. The van der Waals surface area contributed by atoms with Crippen LogP contribution in [0.1, 0.15) is 48.3 Å². The highest BCUT2D eigenvalue weighted by Gasteiger charge is 2.29. The van der Waals surface area contributed by atoms with E-state index in [-0.39, 0.29) is 5.91 Å². The highest BCUT2D eigenvalue weighted by Crippen LogP contribution is 2.30. The molecule has 0 bridgehead atoms. The minimum Gasteiger partial charge on any atom is -0.360 e. The van der Waals surface area contributed by atoms with Gasteiger partial charge in [-0.25, -0.2) is 4.98 Å². The Morgan fingerprint density at radius 3 is 3.00 bits per heavy atom. The molecule has 134 valence electrons. The van der Waals surface area contributed by atoms with Crippen LogP contribution in [0, 0.1) is 13.8 Å². The van der Waals surface area contributed by atoms with Gasteiger partial charge < -0.3 is 14.4 Å². The summed E-state index contributed by atoms with van der Waals surface area (Å²) in [7, 11) is 0. The average molecular weight is 343 g/mol. The highest BCUT2D eigenvalue weighted by molar-refractivity contribution is 5.91. The molecule has 25 heavy (non-hydrogen) atoms. The number of hydrogen-bond donors (Lipinski definition) is 1. The Morgan fingerprint density at radius 1 is 1.36 bits per heavy atom. The zero-order valence-electron chi connectivity index (χ0n) is 14.9. The molecule has 2 aromatic rings. The zero-order valence-corrected chi connectivity index (χ0v) is 14.9. The first-order valence-corrected chi connectivity index (χ1v) is 9.12. The molecule has 1 fully saturated rings. The zero-order chi connectivity index (χ0) is 17.4. The number of anilines is 1. The van der Waals surface area contributed by atoms with Crippen molar-refractivity contribution in [2.24, 2.45) is 0 Å². The Morgan fingerprint density at radius 2 is 2.20 bits per heavy atom. The predicted octanol–water partition coefficient (Wildman–Crippen LogP) is 2.25. The molecule has 3 heterocycles. The Balaban J connectivity index is 1.38. The fourth-order valence-corrected chi connectivity index (χ4v) is 4.16. The lowest BCUT2D eigenvalue weighted by molar-refractivity contribution is -0.117. The summed E-state index contributed by atoms with van der Waals surface area (Å²) < 4.78 is 7.42. The Bertz CT molecular complexity index is 779. The number of rotatable bonds is 4. The number of hydrogen-bond acceptors (Lipinski definition) is 5. The molecule has 1 aliphatic heterocycles. The van der Waals surface area contributed by atoms with Gasteiger partial charge in [-0.1, -0.05) is 5.16 Å². The van der Waals surface area contributed by atoms with Crippen LogP contribution in [0.4, 0.5) is 5.82 Å². The third-order valence-electron chi connectivity index (χ3n) is 5.22. The maximum atomic E-state index is 12.2. The van der Waals surface area contributed by atoms with Gasteiger partial charge in [0.25, 0.3) is 0 Å². The van der Waals surface area contributed by atoms with E-state index in [0.29, 0.717) is 24.2 Å². The van der Waals surface area contributed by atoms with Crippen molar-refractivity contribution < 1.29 is 9.32 Å². The van der Waals surface area contributed by atoms with Crippen LogP contribution < -0.4 is 5.32 Å². The molecule has 4 rings (SSSR count). The lowest BCUT2D eigenvalue weighted by atomic mass is 10.0. The number of imidazole rings is 1. The van der Waals surface area contributed by atoms with E-state index in [1.165, 1.54) is 24.2 Å². The average Bonchev–Trinajstić information content (AvgIpc) is 3.26. The maximum Gasteiger partial charge on any atom is 0.239 e. The van der Waals surface area contributed by atoms with Crippen LogP contribution in [0.25, 0.3) is 0 Å². The van der Waals surface area contributed by atoms with Crippen molar-refractivity contribution >= 4 is 11.7 Å². The van der Waals surface area contributed by atoms with Crippen LogP contribution in [0.15, 0.2) is 10.6 Å². The molecule has 1 saturated heterocycles. The molecule has 1 aliphatic carbocycles. The van der Waals surface area contributed by atoms with E-state index < -0.39 is 0 Å². The van der Waals surface area contributed by atoms with Crippen molar-refractivity contribution in [1.29, 1.82) is 0 Å². The summed E-state index contributed by atoms with van der Waals surface area (Å²) in [6.45, 7) is 6.14. The molecule has 2 aliphatic rings. The van der Waals surface area contributed by atoms with Crippen molar-refractivity contribution in [1.82, 2.24) is 19.6 Å². The summed E-state index contributed by atoms with van der Waals surface area (Å²) in [5, 5.41) is 6.60. The number of nitrogens with zero attached hydrogens (tertiary/aromatic N) is 4. The summed E-state index contributed by atoms with van der Waals surface area (Å²) in [4.78, 5) is 19.2. The predicted molar refractivity (Wildman–Crippen MR) is 93.6 cm³/mol. The third kappa shape index (κ3) is 3.33. The second-order valence-corrected chi connectivity index (χ2v) is 7.18. The van der Waals surface area contributed by atoms with Gasteiger partial charge in [0.2, 0.25) is 5.91 Å². The number of carbonyl (C=O) groups excluding carboxylic acids is 1. The molecule has 0 unspecified atom stereocenters. The summed E-state index contributed by atoms with van der Waals surface area (Å²) in [6.07, 6.45) is 5.83. The molecule has 1 amide bonds. The van der Waals surface area contributed by atoms with E-state index in [0.717, 1.165) is 38.2 Å². The quantitative estimate of drug-likeness (QED) is 0.921. The fourth-order valence-electron chi connectivity index (χ4n) is 4.16. The first-order valence-electron chi connectivity index (χ1n) is 9.12. The molecule has 0 radical (unpaired) electrons. The van der Waals surface area contributed by atoms with Crippen LogP contribution >= 0.6 is 0 Å². The van der Waals surface area contributed by atoms with Crippen molar-refractivity contribution in [3.63, 3.8) is 0 Å². The van der Waals surface area contributed by atoms with Crippen molar-refractivity contribution in [2.75, 3.05) is 25.0 Å². The molecule has 0 spiro atoms. The van der Waals surface area contributed by atoms with Crippen LogP contribution in [0.5, 0.6) is 0 Å². The summed E-state index contributed by atoms with van der Waals surface area (Å²) in [5.41, 5.74) is 2.72. The van der Waals surface area contributed by atoms with Gasteiger partial charge in [0, 0.05) is 30.9 Å². The van der Waals surface area contributed by atoms with E-state index in [4.69, 9.17) is 9.51 Å². The molecule has 7 nitrogen and oxygen atoms in total. The Hall–Kier alpha value is -2.15. The minimum absolute atomic E-state index is 0.0432. The summed E-state index contributed by atoms with van der Waals surface area (Å²) in [5.74, 6) is 2.26. The maximum absolute atomic E-state index is 12.2. The molecule has 0 aromatic carbocycles. The summed E-state index contributed by atoms with van der Waals surface area (Å²) >= 11 is 0. The van der Waals surface area contributed by atoms with E-state index >= 15 is 0 Å². The first kappa shape index (κ1) is 16.3. The molecule has 1 atom stereocenters. The van der Waals surface area contributed by atoms with Crippen LogP contribution in [-0.4, -0.2) is 45.1 Å². The normalized spacial score (nSPS) is 20.6. The van der Waals surface area contributed by atoms with Gasteiger partial charge in [-0.3, -0.25) is 9.69 Å². The van der Waals surface area contributed by atoms with Gasteiger partial charge in [-0.2, -0.15) is 0 Å². The molecule has 1 N–H and O–H groups in total. The molecule has 0 saturated carbocycles. The number of aryl methyl sites for hydroxylation is 3. The molecular weight excluding hydrogens is 318 g/mol. The number of likely N-dealkylation sites (tertiary alicyclic amines) is 1. The van der Waals surface area contributed by atoms with E-state index in [2.05, 4.69) is 26.9 Å². The third-order valence-corrected chi connectivity index (χ3v) is 5.22. The standard InChI is InChI=1S/C18H25N5O2/c1-12-9-17(21-25-12)20-18(24)11-22-8-7-14(10-22)23-13(2)19-15-5-3-4-6-16(15)23/h9,14H,3-8,10-11H2,1-2H3,(H,20,21,24)/t14-/m1/s1. The van der Waals surface area contributed by atoms with E-state index in [1.807, 2.05) is 6.92 Å². The highest BCUT2D eigenvalue weighted by atomic mass is 16.5. The van der Waals surface area contributed by atoms with E-state index in [9.17, 15) is 4.79 Å². The van der Waals surface area contributed by atoms with Gasteiger partial charge in [0.05, 0.1) is 12.2 Å².